The fourth-order valence-electron chi connectivity index (χ4n) is 2.68. The molecule has 0 saturated heterocycles. The lowest BCUT2D eigenvalue weighted by atomic mass is 10.1. The van der Waals surface area contributed by atoms with Crippen molar-refractivity contribution >= 4 is 61.5 Å². The molecular formula is C21H10BrClN2O2S. The van der Waals surface area contributed by atoms with Crippen LogP contribution >= 0.6 is 38.9 Å². The number of hydrogen-bond donors (Lipinski definition) is 0. The standard InChI is InChI=1S/C21H10BrClN2O2S/c22-15-5-6-19-13(8-15)9-16(21(26)27-19)18-11-28-20(25-18)14(10-24)7-12-3-1-2-4-17(12)23/h1-9,11H. The third-order valence-electron chi connectivity index (χ3n) is 4.03. The van der Waals surface area contributed by atoms with Gasteiger partial charge in [-0.15, -0.1) is 11.3 Å². The zero-order chi connectivity index (χ0) is 19.7. The summed E-state index contributed by atoms with van der Waals surface area (Å²) in [5.74, 6) is 0. The third kappa shape index (κ3) is 3.65. The Morgan fingerprint density at radius 2 is 2.07 bits per heavy atom. The van der Waals surface area contributed by atoms with Crippen LogP contribution in [0.5, 0.6) is 0 Å². The Hall–Kier alpha value is -2.72. The second kappa shape index (κ2) is 7.72. The Kier molecular flexibility index (Phi) is 5.14. The van der Waals surface area contributed by atoms with Gasteiger partial charge in [0, 0.05) is 20.3 Å². The highest BCUT2D eigenvalue weighted by Crippen LogP contribution is 2.29. The largest absolute Gasteiger partial charge is 0.422 e. The van der Waals surface area contributed by atoms with Gasteiger partial charge in [0.1, 0.15) is 16.7 Å². The van der Waals surface area contributed by atoms with Gasteiger partial charge in [0.2, 0.25) is 0 Å². The summed E-state index contributed by atoms with van der Waals surface area (Å²) in [7, 11) is 0. The second-order valence-corrected chi connectivity index (χ2v) is 8.04. The van der Waals surface area contributed by atoms with Gasteiger partial charge in [0.25, 0.3) is 0 Å². The van der Waals surface area contributed by atoms with Gasteiger partial charge < -0.3 is 4.42 Å². The summed E-state index contributed by atoms with van der Waals surface area (Å²) in [4.78, 5) is 16.9. The van der Waals surface area contributed by atoms with E-state index in [9.17, 15) is 10.1 Å². The van der Waals surface area contributed by atoms with E-state index < -0.39 is 5.63 Å². The first kappa shape index (κ1) is 18.6. The normalized spacial score (nSPS) is 11.5. The minimum Gasteiger partial charge on any atom is -0.422 e. The van der Waals surface area contributed by atoms with Crippen LogP contribution in [0.15, 0.2) is 67.6 Å². The van der Waals surface area contributed by atoms with E-state index in [1.54, 1.807) is 29.7 Å². The van der Waals surface area contributed by atoms with Gasteiger partial charge in [-0.1, -0.05) is 45.7 Å². The molecule has 0 unspecified atom stereocenters. The van der Waals surface area contributed by atoms with Gasteiger partial charge >= 0.3 is 5.63 Å². The van der Waals surface area contributed by atoms with Gasteiger partial charge in [0.05, 0.1) is 16.8 Å². The highest BCUT2D eigenvalue weighted by molar-refractivity contribution is 9.10. The molecule has 4 rings (SSSR count). The van der Waals surface area contributed by atoms with E-state index in [0.717, 1.165) is 15.4 Å². The van der Waals surface area contributed by atoms with E-state index in [2.05, 4.69) is 27.0 Å². The van der Waals surface area contributed by atoms with Crippen molar-refractivity contribution in [3.63, 3.8) is 0 Å². The Labute approximate surface area is 177 Å². The third-order valence-corrected chi connectivity index (χ3v) is 5.74. The monoisotopic (exact) mass is 468 g/mol. The minimum atomic E-state index is -0.472. The number of aromatic nitrogens is 1. The molecule has 4 aromatic rings. The summed E-state index contributed by atoms with van der Waals surface area (Å²) in [5, 5.41) is 13.1. The SMILES string of the molecule is N#CC(=Cc1ccccc1Cl)c1nc(-c2cc3cc(Br)ccc3oc2=O)cs1. The van der Waals surface area contributed by atoms with Gasteiger partial charge in [-0.25, -0.2) is 9.78 Å². The van der Waals surface area contributed by atoms with Gasteiger partial charge in [-0.2, -0.15) is 5.26 Å². The van der Waals surface area contributed by atoms with E-state index in [1.165, 1.54) is 11.3 Å². The van der Waals surface area contributed by atoms with Crippen LogP contribution in [0, 0.1) is 11.3 Å². The molecule has 0 aliphatic heterocycles. The molecule has 2 aromatic heterocycles. The highest BCUT2D eigenvalue weighted by atomic mass is 79.9. The number of thiazole rings is 1. The smallest absolute Gasteiger partial charge is 0.345 e. The van der Waals surface area contributed by atoms with Gasteiger partial charge in [-0.3, -0.25) is 0 Å². The Balaban J connectivity index is 1.78. The summed E-state index contributed by atoms with van der Waals surface area (Å²) in [5.41, 5.74) is 1.95. The lowest BCUT2D eigenvalue weighted by molar-refractivity contribution is 0.563. The van der Waals surface area contributed by atoms with Gasteiger partial charge in [0.15, 0.2) is 0 Å². The molecule has 2 heterocycles. The fourth-order valence-corrected chi connectivity index (χ4v) is 4.04. The molecule has 0 saturated carbocycles. The summed E-state index contributed by atoms with van der Waals surface area (Å²) in [6.07, 6.45) is 1.69. The quantitative estimate of drug-likeness (QED) is 0.257. The number of nitrogens with zero attached hydrogens (tertiary/aromatic N) is 2. The van der Waals surface area contributed by atoms with Crippen molar-refractivity contribution in [1.82, 2.24) is 4.98 Å². The predicted molar refractivity (Wildman–Crippen MR) is 116 cm³/mol. The summed E-state index contributed by atoms with van der Waals surface area (Å²) in [6, 6.07) is 16.6. The van der Waals surface area contributed by atoms with Crippen molar-refractivity contribution in [1.29, 1.82) is 5.26 Å². The van der Waals surface area contributed by atoms with Crippen LogP contribution in [-0.2, 0) is 0 Å². The molecule has 28 heavy (non-hydrogen) atoms. The van der Waals surface area contributed by atoms with Crippen LogP contribution in [0.1, 0.15) is 10.6 Å². The molecule has 0 aliphatic carbocycles. The predicted octanol–water partition coefficient (Wildman–Crippen LogP) is 6.40. The van der Waals surface area contributed by atoms with Crippen LogP contribution in [0.4, 0.5) is 0 Å². The summed E-state index contributed by atoms with van der Waals surface area (Å²) in [6.45, 7) is 0. The van der Waals surface area contributed by atoms with Crippen LogP contribution in [0.2, 0.25) is 5.02 Å². The molecule has 0 fully saturated rings. The van der Waals surface area contributed by atoms with E-state index in [4.69, 9.17) is 16.0 Å². The number of rotatable bonds is 3. The van der Waals surface area contributed by atoms with Crippen LogP contribution in [0.25, 0.3) is 33.9 Å². The fraction of sp³-hybridized carbons (Fsp3) is 0. The maximum atomic E-state index is 12.4. The molecule has 0 radical (unpaired) electrons. The molecule has 4 nitrogen and oxygen atoms in total. The molecule has 0 amide bonds. The average molecular weight is 470 g/mol. The van der Waals surface area contributed by atoms with Crippen molar-refractivity contribution in [3.05, 3.63) is 84.4 Å². The van der Waals surface area contributed by atoms with E-state index in [0.29, 0.717) is 32.4 Å². The Morgan fingerprint density at radius 1 is 1.25 bits per heavy atom. The zero-order valence-electron chi connectivity index (χ0n) is 14.1. The highest BCUT2D eigenvalue weighted by Gasteiger charge is 2.14. The maximum absolute atomic E-state index is 12.4. The zero-order valence-corrected chi connectivity index (χ0v) is 17.3. The topological polar surface area (TPSA) is 66.9 Å². The van der Waals surface area contributed by atoms with Crippen LogP contribution in [0.3, 0.4) is 0 Å². The Morgan fingerprint density at radius 3 is 2.86 bits per heavy atom. The molecule has 0 atom stereocenters. The first-order valence-electron chi connectivity index (χ1n) is 8.11. The van der Waals surface area contributed by atoms with Crippen molar-refractivity contribution in [2.24, 2.45) is 0 Å². The number of benzene rings is 2. The van der Waals surface area contributed by atoms with Gasteiger partial charge in [-0.05, 0) is 42.0 Å². The summed E-state index contributed by atoms with van der Waals surface area (Å²) >= 11 is 10.9. The van der Waals surface area contributed by atoms with Crippen molar-refractivity contribution < 1.29 is 4.42 Å². The number of nitriles is 1. The first-order chi connectivity index (χ1) is 13.5. The minimum absolute atomic E-state index is 0.350. The lowest BCUT2D eigenvalue weighted by Gasteiger charge is -2.00. The average Bonchev–Trinajstić information content (AvgIpc) is 3.17. The van der Waals surface area contributed by atoms with E-state index >= 15 is 0 Å². The lowest BCUT2D eigenvalue weighted by Crippen LogP contribution is -2.02. The molecule has 0 aliphatic rings. The first-order valence-corrected chi connectivity index (χ1v) is 10.2. The second-order valence-electron chi connectivity index (χ2n) is 5.86. The van der Waals surface area contributed by atoms with Crippen LogP contribution < -0.4 is 5.63 Å². The van der Waals surface area contributed by atoms with Crippen molar-refractivity contribution in [2.45, 2.75) is 0 Å². The molecular weight excluding hydrogens is 460 g/mol. The number of hydrogen-bond acceptors (Lipinski definition) is 5. The molecule has 0 bridgehead atoms. The van der Waals surface area contributed by atoms with Crippen molar-refractivity contribution in [2.75, 3.05) is 0 Å². The van der Waals surface area contributed by atoms with Crippen molar-refractivity contribution in [3.8, 4) is 17.3 Å². The van der Waals surface area contributed by atoms with Crippen LogP contribution in [-0.4, -0.2) is 4.98 Å². The van der Waals surface area contributed by atoms with E-state index in [1.807, 2.05) is 30.3 Å². The summed E-state index contributed by atoms with van der Waals surface area (Å²) < 4.78 is 6.28. The molecule has 2 aromatic carbocycles. The maximum Gasteiger partial charge on any atom is 0.345 e. The van der Waals surface area contributed by atoms with E-state index in [-0.39, 0.29) is 0 Å². The molecule has 136 valence electrons. The number of halogens is 2. The number of fused-ring (bicyclic) bond motifs is 1. The Bertz CT molecular complexity index is 1330. The molecule has 7 heteroatoms. The molecule has 0 spiro atoms. The number of allylic oxidation sites excluding steroid dienone is 1. The molecule has 0 N–H and O–H groups in total.